The lowest BCUT2D eigenvalue weighted by atomic mass is 9.43. The Bertz CT molecular complexity index is 4420. The number of aromatic nitrogens is 1. The molecule has 78 heavy (non-hydrogen) atoms. The average Bonchev–Trinajstić information content (AvgIpc) is 3.04. The molecule has 0 N–H and O–H groups in total. The Morgan fingerprint density at radius 3 is 1.69 bits per heavy atom. The molecule has 4 aliphatic carbocycles. The monoisotopic (exact) mass is 1030 g/mol. The number of rotatable bonds is 1. The van der Waals surface area contributed by atoms with Crippen molar-refractivity contribution in [1.82, 2.24) is 4.57 Å². The van der Waals surface area contributed by atoms with E-state index in [1.165, 1.54) is 174 Å². The second-order valence-electron chi connectivity index (χ2n) is 29.8. The molecule has 4 heteroatoms. The smallest absolute Gasteiger partial charge is 0.333 e. The van der Waals surface area contributed by atoms with Crippen molar-refractivity contribution in [3.63, 3.8) is 0 Å². The topological polar surface area (TPSA) is 8.17 Å². The van der Waals surface area contributed by atoms with Crippen LogP contribution in [0.3, 0.4) is 0 Å². The van der Waals surface area contributed by atoms with Crippen LogP contribution in [0.1, 0.15) is 180 Å². The Kier molecular flexibility index (Phi) is 8.86. The van der Waals surface area contributed by atoms with Crippen molar-refractivity contribution in [2.24, 2.45) is 0 Å². The molecule has 16 rings (SSSR count). The molecule has 0 bridgehead atoms. The van der Waals surface area contributed by atoms with E-state index in [1.54, 1.807) is 5.56 Å². The highest BCUT2D eigenvalue weighted by Gasteiger charge is 2.51. The van der Waals surface area contributed by atoms with Crippen LogP contribution in [-0.2, 0) is 37.9 Å². The highest BCUT2D eigenvalue weighted by atomic mass is 32.1. The minimum Gasteiger partial charge on any atom is -0.376 e. The molecule has 10 aromatic rings. The van der Waals surface area contributed by atoms with Crippen molar-refractivity contribution in [3.8, 4) is 39.1 Å². The molecule has 0 radical (unpaired) electrons. The van der Waals surface area contributed by atoms with Crippen LogP contribution in [0.15, 0.2) is 121 Å². The van der Waals surface area contributed by atoms with Gasteiger partial charge in [-0.15, -0.1) is 11.3 Å². The first-order valence-electron chi connectivity index (χ1n) is 29.4. The van der Waals surface area contributed by atoms with E-state index in [2.05, 4.69) is 235 Å². The van der Waals surface area contributed by atoms with Crippen LogP contribution in [0.25, 0.3) is 81.0 Å². The van der Waals surface area contributed by atoms with Gasteiger partial charge in [0, 0.05) is 64.4 Å². The van der Waals surface area contributed by atoms with Crippen molar-refractivity contribution in [2.45, 2.75) is 167 Å². The van der Waals surface area contributed by atoms with Crippen LogP contribution in [0.5, 0.6) is 0 Å². The number of anilines is 2. The third-order valence-corrected chi connectivity index (χ3v) is 22.8. The zero-order valence-corrected chi connectivity index (χ0v) is 49.6. The van der Waals surface area contributed by atoms with Gasteiger partial charge < -0.3 is 9.38 Å². The van der Waals surface area contributed by atoms with E-state index in [4.69, 9.17) is 0 Å². The fourth-order valence-electron chi connectivity index (χ4n) is 16.7. The normalized spacial score (nSPS) is 19.6. The Hall–Kier alpha value is -6.36. The summed E-state index contributed by atoms with van der Waals surface area (Å²) >= 11 is 2.02. The van der Waals surface area contributed by atoms with E-state index < -0.39 is 0 Å². The molecule has 0 fully saturated rings. The molecule has 0 unspecified atom stereocenters. The fourth-order valence-corrected chi connectivity index (χ4v) is 18.0. The minimum atomic E-state index is -0.212. The first-order valence-corrected chi connectivity index (χ1v) is 30.2. The van der Waals surface area contributed by atoms with Crippen molar-refractivity contribution in [2.75, 3.05) is 4.81 Å². The molecule has 8 aromatic carbocycles. The third-order valence-electron chi connectivity index (χ3n) is 21.6. The highest BCUT2D eigenvalue weighted by molar-refractivity contribution is 7.27. The largest absolute Gasteiger partial charge is 0.376 e. The number of nitrogens with zero attached hydrogens (tertiary/aromatic N) is 2. The number of hydrogen-bond donors (Lipinski definition) is 0. The summed E-state index contributed by atoms with van der Waals surface area (Å²) in [6.07, 6.45) is 4.76. The van der Waals surface area contributed by atoms with Crippen LogP contribution >= 0.6 is 11.3 Å². The van der Waals surface area contributed by atoms with Crippen molar-refractivity contribution in [1.29, 1.82) is 0 Å². The van der Waals surface area contributed by atoms with Crippen molar-refractivity contribution >= 4 is 82.5 Å². The fraction of sp³-hybridized carbons (Fsp3) is 0.351. The van der Waals surface area contributed by atoms with E-state index in [0.29, 0.717) is 0 Å². The summed E-state index contributed by atoms with van der Waals surface area (Å²) < 4.78 is 5.59. The van der Waals surface area contributed by atoms with Crippen LogP contribution in [-0.4, -0.2) is 11.4 Å². The maximum absolute atomic E-state index is 2.83. The van der Waals surface area contributed by atoms with Crippen molar-refractivity contribution in [3.05, 3.63) is 171 Å². The summed E-state index contributed by atoms with van der Waals surface area (Å²) in [4.78, 5) is 2.83. The third kappa shape index (κ3) is 5.81. The molecule has 2 aliphatic heterocycles. The van der Waals surface area contributed by atoms with Gasteiger partial charge in [0.15, 0.2) is 0 Å². The maximum Gasteiger partial charge on any atom is 0.333 e. The number of fused-ring (bicyclic) bond motifs is 21. The first kappa shape index (κ1) is 47.6. The minimum absolute atomic E-state index is 0.0169. The quantitative estimate of drug-likeness (QED) is 0.149. The van der Waals surface area contributed by atoms with Crippen LogP contribution in [0, 0.1) is 0 Å². The van der Waals surface area contributed by atoms with Crippen LogP contribution in [0.4, 0.5) is 11.4 Å². The summed E-state index contributed by atoms with van der Waals surface area (Å²) in [5.74, 6) is 0. The predicted octanol–water partition coefficient (Wildman–Crippen LogP) is 19.0. The van der Waals surface area contributed by atoms with Gasteiger partial charge in [-0.1, -0.05) is 171 Å². The number of hydrogen-bond acceptors (Lipinski definition) is 2. The molecule has 388 valence electrons. The second-order valence-corrected chi connectivity index (χ2v) is 30.8. The zero-order chi connectivity index (χ0) is 54.1. The molecule has 0 spiro atoms. The van der Waals surface area contributed by atoms with Gasteiger partial charge in [0.25, 0.3) is 0 Å². The predicted molar refractivity (Wildman–Crippen MR) is 337 cm³/mol. The molecule has 6 aliphatic rings. The van der Waals surface area contributed by atoms with E-state index >= 15 is 0 Å². The van der Waals surface area contributed by atoms with Gasteiger partial charge in [-0.25, -0.2) is 0 Å². The van der Waals surface area contributed by atoms with Crippen molar-refractivity contribution < 1.29 is 0 Å². The summed E-state index contributed by atoms with van der Waals surface area (Å²) in [6.45, 7) is 36.9. The molecule has 2 nitrogen and oxygen atoms in total. The standard InChI is InChI=1S/C74H73BN2S/c1-68(2,3)40-24-26-41(27-25-40)77-59-37-51-44(45-33-53-55(36-50(45)74(51,14)15)71(8,9)30-28-69(53,4)5)32-47(59)62-63-43-21-17-19-23-61(43)78-67(63)64-48-34-54-56(72(10,11)31-29-70(54,6)7)39-58(48)76-60-38-52-46(35-57(60)75(77)65(62)66(64)76)42-20-16-18-22-49(42)73(52,12)13/h16-27,32-39H,28-31H2,1-15H3. The molecule has 0 saturated heterocycles. The van der Waals surface area contributed by atoms with Gasteiger partial charge in [-0.2, -0.15) is 0 Å². The lowest BCUT2D eigenvalue weighted by Crippen LogP contribution is -2.60. The Labute approximate surface area is 467 Å². The van der Waals surface area contributed by atoms with Gasteiger partial charge >= 0.3 is 6.85 Å². The molecule has 2 aromatic heterocycles. The van der Waals surface area contributed by atoms with Gasteiger partial charge in [-0.05, 0) is 196 Å². The summed E-state index contributed by atoms with van der Waals surface area (Å²) in [5, 5.41) is 5.62. The summed E-state index contributed by atoms with van der Waals surface area (Å²) in [6, 6.07) is 49.9. The Morgan fingerprint density at radius 1 is 0.462 bits per heavy atom. The highest BCUT2D eigenvalue weighted by Crippen LogP contribution is 2.61. The maximum atomic E-state index is 2.83. The molecule has 0 amide bonds. The lowest BCUT2D eigenvalue weighted by molar-refractivity contribution is 0.331. The SMILES string of the molecule is CC(C)(C)c1ccc(N2B3c4cc5c(cc4-n4c6cc7c(cc6c6c8sc9ccccc9c8c(c3c64)-c3cc4c(cc32)C(C)(C)c2cc3c(cc2-4)C(C)(C)CCC3(C)C)C(C)(C)CCC7(C)C)C(C)(C)c2ccccc2-5)cc1. The number of benzene rings is 8. The van der Waals surface area contributed by atoms with Crippen LogP contribution in [0.2, 0.25) is 0 Å². The summed E-state index contributed by atoms with van der Waals surface area (Å²) in [7, 11) is 0. The van der Waals surface area contributed by atoms with Gasteiger partial charge in [0.2, 0.25) is 0 Å². The Morgan fingerprint density at radius 2 is 1.01 bits per heavy atom. The van der Waals surface area contributed by atoms with Gasteiger partial charge in [0.1, 0.15) is 0 Å². The zero-order valence-electron chi connectivity index (χ0n) is 48.8. The molecular weight excluding hydrogens is 960 g/mol. The van der Waals surface area contributed by atoms with E-state index in [0.717, 1.165) is 0 Å². The molecule has 4 heterocycles. The lowest BCUT2D eigenvalue weighted by Gasteiger charge is -2.43. The van der Waals surface area contributed by atoms with Gasteiger partial charge in [0.05, 0.1) is 11.0 Å². The van der Waals surface area contributed by atoms with Crippen LogP contribution < -0.4 is 15.7 Å². The van der Waals surface area contributed by atoms with Gasteiger partial charge in [-0.3, -0.25) is 0 Å². The average molecular weight is 1030 g/mol. The number of thiophene rings is 1. The van der Waals surface area contributed by atoms with E-state index in [9.17, 15) is 0 Å². The van der Waals surface area contributed by atoms with E-state index in [-0.39, 0.29) is 44.8 Å². The first-order chi connectivity index (χ1) is 36.8. The Balaban J connectivity index is 1.12. The van der Waals surface area contributed by atoms with E-state index in [1.807, 2.05) is 11.3 Å². The molecular formula is C74H73BN2S. The summed E-state index contributed by atoms with van der Waals surface area (Å²) in [5.41, 5.74) is 31.0. The molecule has 0 atom stereocenters. The molecule has 0 saturated carbocycles. The second kappa shape index (κ2) is 14.5.